The molecule has 0 bridgehead atoms. The summed E-state index contributed by atoms with van der Waals surface area (Å²) in [5.41, 5.74) is 6.36. The van der Waals surface area contributed by atoms with Crippen molar-refractivity contribution in [1.29, 1.82) is 0 Å². The second-order valence-electron chi connectivity index (χ2n) is 3.58. The Morgan fingerprint density at radius 3 is 2.89 bits per heavy atom. The number of nitrogens with two attached hydrogens (primary N) is 1. The van der Waals surface area contributed by atoms with E-state index in [9.17, 15) is 0 Å². The Kier molecular flexibility index (Phi) is 4.38. The molecule has 2 N–H and O–H groups in total. The number of anilines is 1. The maximum atomic E-state index is 5.81. The van der Waals surface area contributed by atoms with Gasteiger partial charge in [0.2, 0.25) is 5.88 Å². The smallest absolute Gasteiger partial charge is 0.238 e. The molecule has 18 heavy (non-hydrogen) atoms. The summed E-state index contributed by atoms with van der Waals surface area (Å²) < 4.78 is 6.35. The lowest BCUT2D eigenvalue weighted by Gasteiger charge is -2.07. The highest BCUT2D eigenvalue weighted by Gasteiger charge is 2.08. The second-order valence-corrected chi connectivity index (χ2v) is 6.03. The van der Waals surface area contributed by atoms with Crippen LogP contribution in [0.2, 0.25) is 0 Å². The standard InChI is InChI=1S/C11H14N4OS2/c1-3-6-16-10-8(12)4-5-9(13-10)18-11-15-14-7(2)17-11/h4-5H,3,6,12H2,1-2H3. The summed E-state index contributed by atoms with van der Waals surface area (Å²) in [5, 5.41) is 9.76. The third-order valence-corrected chi connectivity index (χ3v) is 3.83. The Morgan fingerprint density at radius 2 is 2.22 bits per heavy atom. The first kappa shape index (κ1) is 13.1. The summed E-state index contributed by atoms with van der Waals surface area (Å²) in [4.78, 5) is 4.37. The molecule has 2 rings (SSSR count). The first-order valence-corrected chi connectivity index (χ1v) is 7.19. The number of aryl methyl sites for hydroxylation is 1. The van der Waals surface area contributed by atoms with E-state index in [0.29, 0.717) is 18.2 Å². The molecule has 96 valence electrons. The van der Waals surface area contributed by atoms with Crippen LogP contribution in [0.5, 0.6) is 5.88 Å². The topological polar surface area (TPSA) is 73.9 Å². The van der Waals surface area contributed by atoms with Crippen LogP contribution < -0.4 is 10.5 Å². The highest BCUT2D eigenvalue weighted by molar-refractivity contribution is 8.01. The Hall–Kier alpha value is -1.34. The van der Waals surface area contributed by atoms with Crippen molar-refractivity contribution in [3.63, 3.8) is 0 Å². The largest absolute Gasteiger partial charge is 0.476 e. The predicted octanol–water partition coefficient (Wildman–Crippen LogP) is 2.76. The van der Waals surface area contributed by atoms with Gasteiger partial charge in [-0.2, -0.15) is 0 Å². The lowest BCUT2D eigenvalue weighted by Crippen LogP contribution is -2.01. The van der Waals surface area contributed by atoms with Crippen molar-refractivity contribution < 1.29 is 4.74 Å². The van der Waals surface area contributed by atoms with Gasteiger partial charge in [-0.3, -0.25) is 0 Å². The van der Waals surface area contributed by atoms with Crippen LogP contribution in [0.1, 0.15) is 18.4 Å². The molecule has 0 fully saturated rings. The zero-order valence-corrected chi connectivity index (χ0v) is 11.8. The van der Waals surface area contributed by atoms with Gasteiger partial charge >= 0.3 is 0 Å². The zero-order chi connectivity index (χ0) is 13.0. The molecule has 0 aliphatic carbocycles. The van der Waals surface area contributed by atoms with Crippen LogP contribution in [-0.2, 0) is 0 Å². The minimum atomic E-state index is 0.489. The zero-order valence-electron chi connectivity index (χ0n) is 10.2. The predicted molar refractivity (Wildman–Crippen MR) is 73.2 cm³/mol. The molecule has 0 spiro atoms. The fourth-order valence-corrected chi connectivity index (χ4v) is 2.94. The van der Waals surface area contributed by atoms with E-state index in [1.54, 1.807) is 6.07 Å². The summed E-state index contributed by atoms with van der Waals surface area (Å²) in [6.07, 6.45) is 0.925. The normalized spacial score (nSPS) is 10.6. The maximum absolute atomic E-state index is 5.81. The maximum Gasteiger partial charge on any atom is 0.238 e. The fraction of sp³-hybridized carbons (Fsp3) is 0.364. The van der Waals surface area contributed by atoms with Crippen molar-refractivity contribution in [3.05, 3.63) is 17.1 Å². The van der Waals surface area contributed by atoms with Gasteiger partial charge in [0.05, 0.1) is 12.3 Å². The Labute approximate surface area is 114 Å². The average Bonchev–Trinajstić information content (AvgIpc) is 2.75. The second kappa shape index (κ2) is 6.01. The lowest BCUT2D eigenvalue weighted by atomic mass is 10.4. The molecule has 0 radical (unpaired) electrons. The van der Waals surface area contributed by atoms with Crippen LogP contribution in [0.3, 0.4) is 0 Å². The van der Waals surface area contributed by atoms with Crippen molar-refractivity contribution >= 4 is 28.8 Å². The van der Waals surface area contributed by atoms with E-state index in [-0.39, 0.29) is 0 Å². The van der Waals surface area contributed by atoms with E-state index in [1.165, 1.54) is 23.1 Å². The third kappa shape index (κ3) is 3.33. The summed E-state index contributed by atoms with van der Waals surface area (Å²) in [5.74, 6) is 0.489. The number of hydrogen-bond acceptors (Lipinski definition) is 7. The van der Waals surface area contributed by atoms with E-state index in [1.807, 2.05) is 19.9 Å². The molecular formula is C11H14N4OS2. The molecule has 0 saturated heterocycles. The summed E-state index contributed by atoms with van der Waals surface area (Å²) in [6.45, 7) is 4.58. The van der Waals surface area contributed by atoms with Crippen molar-refractivity contribution in [3.8, 4) is 5.88 Å². The van der Waals surface area contributed by atoms with Gasteiger partial charge in [0.15, 0.2) is 4.34 Å². The Morgan fingerprint density at radius 1 is 1.39 bits per heavy atom. The molecule has 0 amide bonds. The van der Waals surface area contributed by atoms with Gasteiger partial charge in [-0.15, -0.1) is 10.2 Å². The Balaban J connectivity index is 2.13. The van der Waals surface area contributed by atoms with Crippen LogP contribution in [0.4, 0.5) is 5.69 Å². The van der Waals surface area contributed by atoms with Crippen molar-refractivity contribution in [2.45, 2.75) is 29.6 Å². The number of nitrogen functional groups attached to an aromatic ring is 1. The van der Waals surface area contributed by atoms with Gasteiger partial charge in [0.25, 0.3) is 0 Å². The Bertz CT molecular complexity index is 530. The number of ether oxygens (including phenoxy) is 1. The van der Waals surface area contributed by atoms with Crippen LogP contribution in [0.25, 0.3) is 0 Å². The molecule has 2 aromatic heterocycles. The number of pyridine rings is 1. The van der Waals surface area contributed by atoms with Gasteiger partial charge in [-0.25, -0.2) is 4.98 Å². The monoisotopic (exact) mass is 282 g/mol. The van der Waals surface area contributed by atoms with Gasteiger partial charge in [-0.05, 0) is 37.2 Å². The molecule has 0 unspecified atom stereocenters. The van der Waals surface area contributed by atoms with E-state index < -0.39 is 0 Å². The minimum absolute atomic E-state index is 0.489. The van der Waals surface area contributed by atoms with Crippen LogP contribution in [0, 0.1) is 6.92 Å². The van der Waals surface area contributed by atoms with E-state index >= 15 is 0 Å². The quantitative estimate of drug-likeness (QED) is 0.909. The first-order valence-electron chi connectivity index (χ1n) is 5.56. The summed E-state index contributed by atoms with van der Waals surface area (Å²) >= 11 is 3.00. The van der Waals surface area contributed by atoms with Crippen molar-refractivity contribution in [2.24, 2.45) is 0 Å². The van der Waals surface area contributed by atoms with E-state index in [2.05, 4.69) is 15.2 Å². The molecule has 0 atom stereocenters. The van der Waals surface area contributed by atoms with Crippen molar-refractivity contribution in [1.82, 2.24) is 15.2 Å². The molecule has 0 aromatic carbocycles. The van der Waals surface area contributed by atoms with Gasteiger partial charge in [-0.1, -0.05) is 18.3 Å². The molecule has 2 heterocycles. The number of aromatic nitrogens is 3. The SMILES string of the molecule is CCCOc1nc(Sc2nnc(C)s2)ccc1N. The van der Waals surface area contributed by atoms with Crippen LogP contribution in [-0.4, -0.2) is 21.8 Å². The summed E-state index contributed by atoms with van der Waals surface area (Å²) in [7, 11) is 0. The average molecular weight is 282 g/mol. The van der Waals surface area contributed by atoms with E-state index in [4.69, 9.17) is 10.5 Å². The highest BCUT2D eigenvalue weighted by atomic mass is 32.2. The highest BCUT2D eigenvalue weighted by Crippen LogP contribution is 2.31. The summed E-state index contributed by atoms with van der Waals surface area (Å²) in [6, 6.07) is 3.66. The number of hydrogen-bond donors (Lipinski definition) is 1. The van der Waals surface area contributed by atoms with Crippen LogP contribution >= 0.6 is 23.1 Å². The minimum Gasteiger partial charge on any atom is -0.476 e. The molecule has 7 heteroatoms. The fourth-order valence-electron chi connectivity index (χ4n) is 1.21. The number of nitrogens with zero attached hydrogens (tertiary/aromatic N) is 3. The molecule has 0 aliphatic heterocycles. The van der Waals surface area contributed by atoms with Crippen molar-refractivity contribution in [2.75, 3.05) is 12.3 Å². The molecular weight excluding hydrogens is 268 g/mol. The molecule has 0 saturated carbocycles. The van der Waals surface area contributed by atoms with Gasteiger partial charge in [0.1, 0.15) is 10.0 Å². The van der Waals surface area contributed by atoms with Gasteiger partial charge in [0, 0.05) is 0 Å². The molecule has 2 aromatic rings. The first-order chi connectivity index (χ1) is 8.69. The lowest BCUT2D eigenvalue weighted by molar-refractivity contribution is 0.305. The number of rotatable bonds is 5. The molecule has 0 aliphatic rings. The van der Waals surface area contributed by atoms with Gasteiger partial charge < -0.3 is 10.5 Å². The third-order valence-electron chi connectivity index (χ3n) is 2.01. The molecule has 5 nitrogen and oxygen atoms in total. The van der Waals surface area contributed by atoms with E-state index in [0.717, 1.165) is 20.8 Å². The van der Waals surface area contributed by atoms with Crippen LogP contribution in [0.15, 0.2) is 21.5 Å².